The predicted molar refractivity (Wildman–Crippen MR) is 170 cm³/mol. The van der Waals surface area contributed by atoms with Gasteiger partial charge >= 0.3 is 0 Å². The number of H-pyrrole nitrogens is 1. The lowest BCUT2D eigenvalue weighted by atomic mass is 9.95. The Bertz CT molecular complexity index is 1320. The van der Waals surface area contributed by atoms with Crippen LogP contribution < -0.4 is 10.6 Å². The zero-order valence-electron chi connectivity index (χ0n) is 25.4. The fraction of sp³-hybridized carbons (Fsp3) is 0.429. The van der Waals surface area contributed by atoms with Gasteiger partial charge in [-0.25, -0.2) is 0 Å². The molecule has 0 spiro atoms. The molecule has 0 bridgehead atoms. The highest BCUT2D eigenvalue weighted by molar-refractivity contribution is 5.93. The van der Waals surface area contributed by atoms with Crippen LogP contribution in [0, 0.1) is 11.8 Å². The summed E-state index contributed by atoms with van der Waals surface area (Å²) >= 11 is 0. The Labute approximate surface area is 246 Å². The number of benzene rings is 1. The number of piperidine rings is 1. The van der Waals surface area contributed by atoms with Crippen LogP contribution in [-0.4, -0.2) is 40.8 Å². The SMILES string of the molecule is C=C(/C=C(\C=C/C)N1CCCC(NC(=O)C#CC)C1)CC(=O)Nc1ccc(-c2cc(C(C)CCC)c(CC)[nH]2)cc1. The van der Waals surface area contributed by atoms with Crippen molar-refractivity contribution >= 4 is 17.5 Å². The third-order valence-corrected chi connectivity index (χ3v) is 7.46. The average Bonchev–Trinajstić information content (AvgIpc) is 3.38. The van der Waals surface area contributed by atoms with Crippen LogP contribution in [0.3, 0.4) is 0 Å². The number of nitrogens with one attached hydrogen (secondary N) is 3. The van der Waals surface area contributed by atoms with E-state index in [1.807, 2.05) is 49.4 Å². The van der Waals surface area contributed by atoms with Gasteiger partial charge in [-0.2, -0.15) is 0 Å². The second-order valence-electron chi connectivity index (χ2n) is 10.8. The number of hydrogen-bond donors (Lipinski definition) is 3. The fourth-order valence-corrected chi connectivity index (χ4v) is 5.47. The molecule has 1 saturated heterocycles. The molecule has 1 aliphatic rings. The van der Waals surface area contributed by atoms with Crippen LogP contribution in [-0.2, 0) is 16.0 Å². The van der Waals surface area contributed by atoms with Gasteiger partial charge in [0.15, 0.2) is 0 Å². The van der Waals surface area contributed by atoms with Gasteiger partial charge in [0.2, 0.25) is 5.91 Å². The Morgan fingerprint density at radius 3 is 2.66 bits per heavy atom. The minimum absolute atomic E-state index is 0.0381. The van der Waals surface area contributed by atoms with Gasteiger partial charge in [0.25, 0.3) is 5.91 Å². The van der Waals surface area contributed by atoms with Crippen molar-refractivity contribution in [2.45, 2.75) is 85.1 Å². The number of aromatic nitrogens is 1. The number of nitrogens with zero attached hydrogens (tertiary/aromatic N) is 1. The molecular weight excluding hydrogens is 508 g/mol. The molecule has 3 rings (SSSR count). The second-order valence-corrected chi connectivity index (χ2v) is 10.8. The summed E-state index contributed by atoms with van der Waals surface area (Å²) in [5.41, 5.74) is 7.40. The Morgan fingerprint density at radius 2 is 2.00 bits per heavy atom. The van der Waals surface area contributed by atoms with E-state index < -0.39 is 0 Å². The molecule has 6 nitrogen and oxygen atoms in total. The van der Waals surface area contributed by atoms with E-state index in [4.69, 9.17) is 0 Å². The van der Waals surface area contributed by atoms with E-state index in [2.05, 4.69) is 65.8 Å². The maximum absolute atomic E-state index is 12.9. The monoisotopic (exact) mass is 554 g/mol. The molecule has 0 saturated carbocycles. The first-order chi connectivity index (χ1) is 19.8. The highest BCUT2D eigenvalue weighted by Gasteiger charge is 2.22. The first-order valence-electron chi connectivity index (χ1n) is 14.9. The molecule has 1 aliphatic heterocycles. The van der Waals surface area contributed by atoms with Crippen LogP contribution in [0.1, 0.15) is 83.9 Å². The van der Waals surface area contributed by atoms with Gasteiger partial charge in [0.05, 0.1) is 6.42 Å². The summed E-state index contributed by atoms with van der Waals surface area (Å²) < 4.78 is 0. The number of carbonyl (C=O) groups is 2. The van der Waals surface area contributed by atoms with Crippen molar-refractivity contribution < 1.29 is 9.59 Å². The van der Waals surface area contributed by atoms with E-state index in [0.717, 1.165) is 54.0 Å². The summed E-state index contributed by atoms with van der Waals surface area (Å²) in [5.74, 6) is 5.39. The first-order valence-corrected chi connectivity index (χ1v) is 14.9. The smallest absolute Gasteiger partial charge is 0.296 e. The zero-order valence-corrected chi connectivity index (χ0v) is 25.4. The lowest BCUT2D eigenvalue weighted by Crippen LogP contribution is -2.46. The van der Waals surface area contributed by atoms with E-state index in [0.29, 0.717) is 12.5 Å². The van der Waals surface area contributed by atoms with Crippen LogP contribution in [0.25, 0.3) is 11.3 Å². The van der Waals surface area contributed by atoms with Crippen LogP contribution >= 0.6 is 0 Å². The summed E-state index contributed by atoms with van der Waals surface area (Å²) in [6.07, 6.45) is 11.4. The van der Waals surface area contributed by atoms with E-state index in [9.17, 15) is 9.59 Å². The second kappa shape index (κ2) is 15.7. The van der Waals surface area contributed by atoms with Gasteiger partial charge in [0, 0.05) is 41.9 Å². The number of amides is 2. The largest absolute Gasteiger partial charge is 0.369 e. The van der Waals surface area contributed by atoms with Crippen molar-refractivity contribution in [2.75, 3.05) is 18.4 Å². The number of anilines is 1. The Hall–Kier alpha value is -3.98. The molecule has 1 aromatic carbocycles. The normalized spacial score (nSPS) is 16.2. The number of hydrogen-bond acceptors (Lipinski definition) is 3. The van der Waals surface area contributed by atoms with E-state index in [-0.39, 0.29) is 24.3 Å². The van der Waals surface area contributed by atoms with Gasteiger partial charge < -0.3 is 20.5 Å². The maximum Gasteiger partial charge on any atom is 0.296 e. The van der Waals surface area contributed by atoms with Gasteiger partial charge in [-0.3, -0.25) is 9.59 Å². The number of likely N-dealkylation sites (tertiary alicyclic amines) is 1. The Kier molecular flexibility index (Phi) is 12.1. The molecule has 2 aromatic rings. The highest BCUT2D eigenvalue weighted by Crippen LogP contribution is 2.30. The summed E-state index contributed by atoms with van der Waals surface area (Å²) in [6.45, 7) is 16.1. The summed E-state index contributed by atoms with van der Waals surface area (Å²) in [4.78, 5) is 30.6. The number of aromatic amines is 1. The molecule has 0 aliphatic carbocycles. The number of allylic oxidation sites excluding steroid dienone is 3. The van der Waals surface area contributed by atoms with Crippen molar-refractivity contribution in [3.8, 4) is 23.1 Å². The van der Waals surface area contributed by atoms with Crippen LogP contribution in [0.15, 0.2) is 66.4 Å². The van der Waals surface area contributed by atoms with E-state index in [1.165, 1.54) is 24.1 Å². The number of aryl methyl sites for hydroxylation is 1. The van der Waals surface area contributed by atoms with Gasteiger partial charge in [-0.1, -0.05) is 57.9 Å². The van der Waals surface area contributed by atoms with Gasteiger partial charge in [0.1, 0.15) is 0 Å². The Balaban J connectivity index is 1.61. The molecule has 6 heteroatoms. The van der Waals surface area contributed by atoms with Crippen molar-refractivity contribution in [3.63, 3.8) is 0 Å². The van der Waals surface area contributed by atoms with Crippen LogP contribution in [0.5, 0.6) is 0 Å². The van der Waals surface area contributed by atoms with Crippen molar-refractivity contribution in [3.05, 3.63) is 77.7 Å². The molecule has 2 atom stereocenters. The molecule has 1 aromatic heterocycles. The van der Waals surface area contributed by atoms with Crippen molar-refractivity contribution in [1.29, 1.82) is 0 Å². The molecule has 2 unspecified atom stereocenters. The van der Waals surface area contributed by atoms with E-state index in [1.54, 1.807) is 6.92 Å². The van der Waals surface area contributed by atoms with Gasteiger partial charge in [-0.15, -0.1) is 0 Å². The van der Waals surface area contributed by atoms with Crippen LogP contribution in [0.2, 0.25) is 0 Å². The first kappa shape index (κ1) is 31.5. The predicted octanol–water partition coefficient (Wildman–Crippen LogP) is 7.10. The highest BCUT2D eigenvalue weighted by atomic mass is 16.2. The molecule has 0 radical (unpaired) electrons. The lowest BCUT2D eigenvalue weighted by Gasteiger charge is -2.35. The topological polar surface area (TPSA) is 77.2 Å². The van der Waals surface area contributed by atoms with Crippen molar-refractivity contribution in [1.82, 2.24) is 15.2 Å². The molecule has 3 N–H and O–H groups in total. The van der Waals surface area contributed by atoms with Crippen LogP contribution in [0.4, 0.5) is 5.69 Å². The summed E-state index contributed by atoms with van der Waals surface area (Å²) in [7, 11) is 0. The molecule has 218 valence electrons. The molecular formula is C35H46N4O2. The summed E-state index contributed by atoms with van der Waals surface area (Å²) in [5, 5.41) is 6.00. The minimum atomic E-state index is -0.241. The number of rotatable bonds is 12. The lowest BCUT2D eigenvalue weighted by molar-refractivity contribution is -0.117. The average molecular weight is 555 g/mol. The minimum Gasteiger partial charge on any atom is -0.369 e. The fourth-order valence-electron chi connectivity index (χ4n) is 5.47. The zero-order chi connectivity index (χ0) is 29.8. The quantitative estimate of drug-likeness (QED) is 0.194. The molecule has 1 fully saturated rings. The molecule has 41 heavy (non-hydrogen) atoms. The third-order valence-electron chi connectivity index (χ3n) is 7.46. The van der Waals surface area contributed by atoms with E-state index >= 15 is 0 Å². The number of carbonyl (C=O) groups excluding carboxylic acids is 2. The van der Waals surface area contributed by atoms with Gasteiger partial charge in [-0.05, 0) is 98.4 Å². The standard InChI is InChI=1S/C35H46N4O2/c1-7-12-26(6)31-23-33(38-32(31)10-4)27-16-18-28(19-17-27)36-35(41)22-25(5)21-30(13-8-2)39-20-11-15-29(24-39)37-34(40)14-9-3/h8,13,16-19,21,23,26,29,38H,5,7,10-12,15,20,22,24H2,1-4,6H3,(H,36,41)(H,37,40)/b13-8-,30-21+. The molecule has 2 amide bonds. The molecule has 2 heterocycles. The maximum atomic E-state index is 12.9. The van der Waals surface area contributed by atoms with Crippen molar-refractivity contribution in [2.24, 2.45) is 0 Å². The third kappa shape index (κ3) is 9.28. The summed E-state index contributed by atoms with van der Waals surface area (Å²) in [6, 6.07) is 10.3. The Morgan fingerprint density at radius 1 is 1.24 bits per heavy atom.